The highest BCUT2D eigenvalue weighted by Crippen LogP contribution is 2.36. The average molecular weight is 513 g/mol. The van der Waals surface area contributed by atoms with E-state index in [2.05, 4.69) is 9.71 Å². The van der Waals surface area contributed by atoms with Crippen molar-refractivity contribution in [3.63, 3.8) is 0 Å². The van der Waals surface area contributed by atoms with Gasteiger partial charge >= 0.3 is 0 Å². The molecule has 0 spiro atoms. The van der Waals surface area contributed by atoms with Gasteiger partial charge in [0.2, 0.25) is 10.0 Å². The maximum atomic E-state index is 12.6. The van der Waals surface area contributed by atoms with Gasteiger partial charge in [-0.15, -0.1) is 11.3 Å². The van der Waals surface area contributed by atoms with E-state index in [-0.39, 0.29) is 35.3 Å². The lowest BCUT2D eigenvalue weighted by Crippen LogP contribution is -2.38. The van der Waals surface area contributed by atoms with Crippen LogP contribution in [0.3, 0.4) is 0 Å². The number of nitrogens with one attached hydrogen (secondary N) is 1. The van der Waals surface area contributed by atoms with Crippen LogP contribution in [0, 0.1) is 0 Å². The molecule has 180 valence electrons. The van der Waals surface area contributed by atoms with Gasteiger partial charge in [0.15, 0.2) is 11.7 Å². The Morgan fingerprint density at radius 2 is 1.77 bits per heavy atom. The summed E-state index contributed by atoms with van der Waals surface area (Å²) >= 11 is 1.10. The second-order valence-corrected chi connectivity index (χ2v) is 10.6. The topological polar surface area (TPSA) is 126 Å². The third kappa shape index (κ3) is 4.26. The lowest BCUT2D eigenvalue weighted by Gasteiger charge is -2.28. The zero-order chi connectivity index (χ0) is 24.7. The van der Waals surface area contributed by atoms with Gasteiger partial charge in [-0.2, -0.15) is 0 Å². The normalized spacial score (nSPS) is 15.2. The highest BCUT2D eigenvalue weighted by molar-refractivity contribution is 7.92. The summed E-state index contributed by atoms with van der Waals surface area (Å²) in [6.07, 6.45) is 0. The Morgan fingerprint density at radius 3 is 2.46 bits per heavy atom. The quantitative estimate of drug-likeness (QED) is 0.482. The van der Waals surface area contributed by atoms with Gasteiger partial charge in [0.1, 0.15) is 5.75 Å². The standard InChI is InChI=1S/C23H20N4O6S2/c1-2-26-18-11-14(7-8-19(18)33-12-20(26)28)17-13-34-23(24-17)25-35(31,32)10-9-27-21(29)15-5-3-4-6-16(15)22(27)30/h3-8,11,13H,2,9-10,12H2,1H3,(H,24,25). The first kappa shape index (κ1) is 23.0. The number of hydrogen-bond acceptors (Lipinski definition) is 8. The molecular weight excluding hydrogens is 492 g/mol. The van der Waals surface area contributed by atoms with Crippen molar-refractivity contribution in [2.75, 3.05) is 35.1 Å². The van der Waals surface area contributed by atoms with Crippen LogP contribution in [0.5, 0.6) is 5.75 Å². The summed E-state index contributed by atoms with van der Waals surface area (Å²) in [5.74, 6) is -1.01. The maximum absolute atomic E-state index is 12.6. The van der Waals surface area contributed by atoms with Gasteiger partial charge in [0, 0.05) is 24.0 Å². The minimum atomic E-state index is -3.88. The Morgan fingerprint density at radius 1 is 1.06 bits per heavy atom. The van der Waals surface area contributed by atoms with Crippen LogP contribution in [0.15, 0.2) is 47.8 Å². The molecule has 0 unspecified atom stereocenters. The fourth-order valence-corrected chi connectivity index (χ4v) is 5.97. The Balaban J connectivity index is 1.28. The van der Waals surface area contributed by atoms with Crippen molar-refractivity contribution in [3.05, 3.63) is 59.0 Å². The minimum absolute atomic E-state index is 0.0104. The van der Waals surface area contributed by atoms with E-state index >= 15 is 0 Å². The molecular formula is C23H20N4O6S2. The van der Waals surface area contributed by atoms with Crippen LogP contribution >= 0.6 is 11.3 Å². The largest absolute Gasteiger partial charge is 0.482 e. The number of thiazole rings is 1. The average Bonchev–Trinajstić information content (AvgIpc) is 3.40. The van der Waals surface area contributed by atoms with E-state index in [1.807, 2.05) is 6.92 Å². The molecule has 10 nitrogen and oxygen atoms in total. The molecule has 3 aromatic rings. The highest BCUT2D eigenvalue weighted by Gasteiger charge is 2.35. The SMILES string of the molecule is CCN1C(=O)COc2ccc(-c3csc(NS(=O)(=O)CCN4C(=O)c5ccccc5C4=O)n3)cc21. The van der Waals surface area contributed by atoms with Gasteiger partial charge in [-0.3, -0.25) is 24.0 Å². The molecule has 0 radical (unpaired) electrons. The Hall–Kier alpha value is -3.77. The first-order valence-electron chi connectivity index (χ1n) is 10.8. The molecule has 5 rings (SSSR count). The summed E-state index contributed by atoms with van der Waals surface area (Å²) in [5, 5.41) is 1.85. The lowest BCUT2D eigenvalue weighted by molar-refractivity contribution is -0.121. The summed E-state index contributed by atoms with van der Waals surface area (Å²) in [4.78, 5) is 44.0. The van der Waals surface area contributed by atoms with Crippen molar-refractivity contribution in [3.8, 4) is 17.0 Å². The number of aromatic nitrogens is 1. The van der Waals surface area contributed by atoms with Crippen LogP contribution in [0.4, 0.5) is 10.8 Å². The molecule has 0 bridgehead atoms. The Kier molecular flexibility index (Phi) is 5.77. The van der Waals surface area contributed by atoms with Crippen molar-refractivity contribution in [1.82, 2.24) is 9.88 Å². The molecule has 12 heteroatoms. The van der Waals surface area contributed by atoms with Gasteiger partial charge in [-0.1, -0.05) is 12.1 Å². The lowest BCUT2D eigenvalue weighted by atomic mass is 10.1. The van der Waals surface area contributed by atoms with Gasteiger partial charge < -0.3 is 9.64 Å². The van der Waals surface area contributed by atoms with Gasteiger partial charge in [0.25, 0.3) is 17.7 Å². The molecule has 0 aliphatic carbocycles. The van der Waals surface area contributed by atoms with Crippen LogP contribution in [-0.4, -0.2) is 61.5 Å². The molecule has 1 aromatic heterocycles. The summed E-state index contributed by atoms with van der Waals surface area (Å²) in [5.41, 5.74) is 2.41. The highest BCUT2D eigenvalue weighted by atomic mass is 32.2. The fourth-order valence-electron chi connectivity index (χ4n) is 4.00. The second-order valence-electron chi connectivity index (χ2n) is 7.88. The smallest absolute Gasteiger partial charge is 0.265 e. The summed E-state index contributed by atoms with van der Waals surface area (Å²) < 4.78 is 33.2. The van der Waals surface area contributed by atoms with Crippen molar-refractivity contribution in [2.45, 2.75) is 6.92 Å². The first-order valence-corrected chi connectivity index (χ1v) is 13.3. The fraction of sp³-hybridized carbons (Fsp3) is 0.217. The van der Waals surface area contributed by atoms with Gasteiger partial charge in [-0.05, 0) is 37.3 Å². The number of ether oxygens (including phenoxy) is 1. The molecule has 35 heavy (non-hydrogen) atoms. The molecule has 0 fully saturated rings. The van der Waals surface area contributed by atoms with E-state index in [1.54, 1.807) is 52.7 Å². The number of imide groups is 1. The van der Waals surface area contributed by atoms with E-state index in [9.17, 15) is 22.8 Å². The summed E-state index contributed by atoms with van der Waals surface area (Å²) in [7, 11) is -3.88. The summed E-state index contributed by atoms with van der Waals surface area (Å²) in [6.45, 7) is 2.08. The van der Waals surface area contributed by atoms with Crippen molar-refractivity contribution in [2.24, 2.45) is 0 Å². The van der Waals surface area contributed by atoms with E-state index in [0.29, 0.717) is 29.2 Å². The molecule has 3 amide bonds. The number of likely N-dealkylation sites (N-methyl/N-ethyl adjacent to an activating group) is 1. The van der Waals surface area contributed by atoms with Gasteiger partial charge in [-0.25, -0.2) is 13.4 Å². The van der Waals surface area contributed by atoms with Crippen LogP contribution in [0.1, 0.15) is 27.6 Å². The minimum Gasteiger partial charge on any atom is -0.482 e. The third-order valence-electron chi connectivity index (χ3n) is 5.72. The predicted molar refractivity (Wildman–Crippen MR) is 130 cm³/mol. The van der Waals surface area contributed by atoms with Crippen LogP contribution in [0.2, 0.25) is 0 Å². The Labute approximate surface area is 205 Å². The molecule has 2 aliphatic heterocycles. The number of benzene rings is 2. The number of carbonyl (C=O) groups is 3. The number of amides is 3. The number of rotatable bonds is 7. The second kappa shape index (κ2) is 8.78. The molecule has 0 atom stereocenters. The van der Waals surface area contributed by atoms with Crippen molar-refractivity contribution < 1.29 is 27.5 Å². The summed E-state index contributed by atoms with van der Waals surface area (Å²) in [6, 6.07) is 11.7. The molecule has 2 aromatic carbocycles. The first-order chi connectivity index (χ1) is 16.8. The van der Waals surface area contributed by atoms with Crippen LogP contribution < -0.4 is 14.4 Å². The maximum Gasteiger partial charge on any atom is 0.265 e. The Bertz CT molecular complexity index is 1430. The van der Waals surface area contributed by atoms with Crippen LogP contribution in [-0.2, 0) is 14.8 Å². The zero-order valence-corrected chi connectivity index (χ0v) is 20.2. The van der Waals surface area contributed by atoms with Crippen LogP contribution in [0.25, 0.3) is 11.3 Å². The molecule has 0 saturated heterocycles. The predicted octanol–water partition coefficient (Wildman–Crippen LogP) is 2.59. The molecule has 1 N–H and O–H groups in total. The number of sulfonamides is 1. The third-order valence-corrected chi connectivity index (χ3v) is 7.83. The molecule has 3 heterocycles. The monoisotopic (exact) mass is 512 g/mol. The van der Waals surface area contributed by atoms with E-state index in [4.69, 9.17) is 4.74 Å². The molecule has 0 saturated carbocycles. The van der Waals surface area contributed by atoms with Crippen molar-refractivity contribution in [1.29, 1.82) is 0 Å². The van der Waals surface area contributed by atoms with E-state index < -0.39 is 27.6 Å². The van der Waals surface area contributed by atoms with E-state index in [0.717, 1.165) is 16.2 Å². The molecule has 2 aliphatic rings. The number of hydrogen-bond donors (Lipinski definition) is 1. The number of fused-ring (bicyclic) bond motifs is 2. The van der Waals surface area contributed by atoms with Crippen molar-refractivity contribution >= 4 is 49.9 Å². The number of carbonyl (C=O) groups excluding carboxylic acids is 3. The zero-order valence-electron chi connectivity index (χ0n) is 18.6. The van der Waals surface area contributed by atoms with E-state index in [1.165, 1.54) is 0 Å². The number of anilines is 2. The number of nitrogens with zero attached hydrogens (tertiary/aromatic N) is 3. The van der Waals surface area contributed by atoms with Gasteiger partial charge in [0.05, 0.1) is 28.3 Å².